The van der Waals surface area contributed by atoms with Crippen molar-refractivity contribution in [3.05, 3.63) is 29.8 Å². The van der Waals surface area contributed by atoms with Crippen LogP contribution in [0.15, 0.2) is 24.3 Å². The van der Waals surface area contributed by atoms with Gasteiger partial charge in [0, 0.05) is 12.6 Å². The van der Waals surface area contributed by atoms with Crippen LogP contribution in [0.25, 0.3) is 0 Å². The van der Waals surface area contributed by atoms with E-state index in [1.54, 1.807) is 12.1 Å². The van der Waals surface area contributed by atoms with Gasteiger partial charge in [-0.15, -0.1) is 0 Å². The van der Waals surface area contributed by atoms with Gasteiger partial charge in [0.25, 0.3) is 0 Å². The molecule has 1 aromatic carbocycles. The molecule has 0 bridgehead atoms. The van der Waals surface area contributed by atoms with Crippen LogP contribution in [0.4, 0.5) is 0 Å². The standard InChI is InChI=1S/C13H21NO2/c1-9(2)13(16)8-14-10(3)11-5-4-6-12(15)7-11/h4-7,9-10,13-16H,8H2,1-3H3. The maximum Gasteiger partial charge on any atom is 0.115 e. The Morgan fingerprint density at radius 2 is 1.94 bits per heavy atom. The van der Waals surface area contributed by atoms with Crippen LogP contribution in [-0.2, 0) is 0 Å². The monoisotopic (exact) mass is 223 g/mol. The normalized spacial score (nSPS) is 15.1. The van der Waals surface area contributed by atoms with E-state index in [9.17, 15) is 10.2 Å². The van der Waals surface area contributed by atoms with Crippen molar-refractivity contribution in [2.24, 2.45) is 5.92 Å². The van der Waals surface area contributed by atoms with E-state index in [2.05, 4.69) is 5.32 Å². The number of rotatable bonds is 5. The maximum atomic E-state index is 9.66. The van der Waals surface area contributed by atoms with Crippen molar-refractivity contribution in [1.29, 1.82) is 0 Å². The average molecular weight is 223 g/mol. The van der Waals surface area contributed by atoms with E-state index in [4.69, 9.17) is 0 Å². The van der Waals surface area contributed by atoms with Crippen LogP contribution in [0.3, 0.4) is 0 Å². The van der Waals surface area contributed by atoms with Crippen LogP contribution < -0.4 is 5.32 Å². The smallest absolute Gasteiger partial charge is 0.115 e. The lowest BCUT2D eigenvalue weighted by atomic mass is 10.1. The van der Waals surface area contributed by atoms with Gasteiger partial charge >= 0.3 is 0 Å². The lowest BCUT2D eigenvalue weighted by Crippen LogP contribution is -2.32. The summed E-state index contributed by atoms with van der Waals surface area (Å²) < 4.78 is 0. The molecule has 0 spiro atoms. The summed E-state index contributed by atoms with van der Waals surface area (Å²) in [6.07, 6.45) is -0.334. The predicted octanol–water partition coefficient (Wildman–Crippen LogP) is 2.06. The number of nitrogens with one attached hydrogen (secondary N) is 1. The molecule has 3 N–H and O–H groups in total. The predicted molar refractivity (Wildman–Crippen MR) is 65.4 cm³/mol. The van der Waals surface area contributed by atoms with Gasteiger partial charge in [-0.3, -0.25) is 0 Å². The van der Waals surface area contributed by atoms with Crippen molar-refractivity contribution >= 4 is 0 Å². The Morgan fingerprint density at radius 1 is 1.25 bits per heavy atom. The van der Waals surface area contributed by atoms with E-state index in [1.165, 1.54) is 0 Å². The maximum absolute atomic E-state index is 9.66. The summed E-state index contributed by atoms with van der Waals surface area (Å²) in [5, 5.41) is 22.3. The largest absolute Gasteiger partial charge is 0.508 e. The first kappa shape index (κ1) is 13.0. The highest BCUT2D eigenvalue weighted by Gasteiger charge is 2.11. The fraction of sp³-hybridized carbons (Fsp3) is 0.538. The molecule has 0 saturated carbocycles. The molecular weight excluding hydrogens is 202 g/mol. The summed E-state index contributed by atoms with van der Waals surface area (Å²) in [5.74, 6) is 0.527. The van der Waals surface area contributed by atoms with E-state index >= 15 is 0 Å². The molecule has 1 aromatic rings. The van der Waals surface area contributed by atoms with Gasteiger partial charge in [-0.1, -0.05) is 26.0 Å². The van der Waals surface area contributed by atoms with Gasteiger partial charge in [-0.2, -0.15) is 0 Å². The summed E-state index contributed by atoms with van der Waals surface area (Å²) in [4.78, 5) is 0. The third-order valence-corrected chi connectivity index (χ3v) is 2.77. The van der Waals surface area contributed by atoms with E-state index in [0.29, 0.717) is 6.54 Å². The summed E-state index contributed by atoms with van der Waals surface area (Å²) in [6.45, 7) is 6.56. The van der Waals surface area contributed by atoms with Gasteiger partial charge in [0.15, 0.2) is 0 Å². The number of benzene rings is 1. The Hall–Kier alpha value is -1.06. The number of aliphatic hydroxyl groups is 1. The molecule has 0 amide bonds. The third kappa shape index (κ3) is 3.83. The topological polar surface area (TPSA) is 52.5 Å². The number of phenols is 1. The van der Waals surface area contributed by atoms with E-state index in [-0.39, 0.29) is 23.8 Å². The number of aliphatic hydroxyl groups excluding tert-OH is 1. The lowest BCUT2D eigenvalue weighted by Gasteiger charge is -2.19. The van der Waals surface area contributed by atoms with Crippen LogP contribution in [0.2, 0.25) is 0 Å². The first-order chi connectivity index (χ1) is 7.50. The highest BCUT2D eigenvalue weighted by molar-refractivity contribution is 5.28. The Kier molecular flexibility index (Phi) is 4.77. The molecule has 0 radical (unpaired) electrons. The number of aromatic hydroxyl groups is 1. The van der Waals surface area contributed by atoms with Gasteiger partial charge < -0.3 is 15.5 Å². The second-order valence-electron chi connectivity index (χ2n) is 4.54. The first-order valence-electron chi connectivity index (χ1n) is 5.71. The Balaban J connectivity index is 2.49. The second-order valence-corrected chi connectivity index (χ2v) is 4.54. The highest BCUT2D eigenvalue weighted by atomic mass is 16.3. The van der Waals surface area contributed by atoms with Crippen LogP contribution in [0.1, 0.15) is 32.4 Å². The molecule has 0 heterocycles. The minimum atomic E-state index is -0.334. The summed E-state index contributed by atoms with van der Waals surface area (Å²) in [6, 6.07) is 7.29. The minimum absolute atomic E-state index is 0.125. The molecule has 0 aliphatic carbocycles. The minimum Gasteiger partial charge on any atom is -0.508 e. The van der Waals surface area contributed by atoms with Crippen molar-refractivity contribution in [3.63, 3.8) is 0 Å². The molecule has 0 fully saturated rings. The van der Waals surface area contributed by atoms with Crippen LogP contribution in [0, 0.1) is 5.92 Å². The van der Waals surface area contributed by atoms with Crippen molar-refractivity contribution in [3.8, 4) is 5.75 Å². The lowest BCUT2D eigenvalue weighted by molar-refractivity contribution is 0.120. The number of hydrogen-bond donors (Lipinski definition) is 3. The van der Waals surface area contributed by atoms with Crippen molar-refractivity contribution in [1.82, 2.24) is 5.32 Å². The quantitative estimate of drug-likeness (QED) is 0.716. The molecular formula is C13H21NO2. The average Bonchev–Trinajstić information content (AvgIpc) is 2.25. The zero-order valence-electron chi connectivity index (χ0n) is 10.1. The fourth-order valence-corrected chi connectivity index (χ4v) is 1.45. The van der Waals surface area contributed by atoms with Gasteiger partial charge in [-0.25, -0.2) is 0 Å². The zero-order chi connectivity index (χ0) is 12.1. The van der Waals surface area contributed by atoms with Crippen molar-refractivity contribution in [2.45, 2.75) is 32.9 Å². The van der Waals surface area contributed by atoms with Gasteiger partial charge in [0.05, 0.1) is 6.10 Å². The second kappa shape index (κ2) is 5.87. The SMILES string of the molecule is CC(NCC(O)C(C)C)c1cccc(O)c1. The summed E-state index contributed by atoms with van der Waals surface area (Å²) in [7, 11) is 0. The van der Waals surface area contributed by atoms with Gasteiger partial charge in [0.1, 0.15) is 5.75 Å². The molecule has 3 heteroatoms. The third-order valence-electron chi connectivity index (χ3n) is 2.77. The van der Waals surface area contributed by atoms with E-state index < -0.39 is 0 Å². The molecule has 16 heavy (non-hydrogen) atoms. The molecule has 3 nitrogen and oxygen atoms in total. The Labute approximate surface area is 97.1 Å². The molecule has 0 saturated heterocycles. The molecule has 0 aliphatic heterocycles. The fourth-order valence-electron chi connectivity index (χ4n) is 1.45. The first-order valence-corrected chi connectivity index (χ1v) is 5.71. The molecule has 2 atom stereocenters. The Bertz CT molecular complexity index is 325. The Morgan fingerprint density at radius 3 is 2.50 bits per heavy atom. The molecule has 0 aromatic heterocycles. The summed E-state index contributed by atoms with van der Waals surface area (Å²) in [5.41, 5.74) is 1.02. The molecule has 90 valence electrons. The van der Waals surface area contributed by atoms with Crippen LogP contribution in [0.5, 0.6) is 5.75 Å². The zero-order valence-corrected chi connectivity index (χ0v) is 10.1. The van der Waals surface area contributed by atoms with Crippen molar-refractivity contribution in [2.75, 3.05) is 6.54 Å². The van der Waals surface area contributed by atoms with E-state index in [1.807, 2.05) is 32.9 Å². The molecule has 1 rings (SSSR count). The number of phenolic OH excluding ortho intramolecular Hbond substituents is 1. The van der Waals surface area contributed by atoms with Gasteiger partial charge in [-0.05, 0) is 30.5 Å². The van der Waals surface area contributed by atoms with Crippen LogP contribution in [-0.4, -0.2) is 22.9 Å². The van der Waals surface area contributed by atoms with Crippen LogP contribution >= 0.6 is 0 Å². The molecule has 0 aliphatic rings. The molecule has 2 unspecified atom stereocenters. The number of hydrogen-bond acceptors (Lipinski definition) is 3. The highest BCUT2D eigenvalue weighted by Crippen LogP contribution is 2.17. The van der Waals surface area contributed by atoms with E-state index in [0.717, 1.165) is 5.56 Å². The summed E-state index contributed by atoms with van der Waals surface area (Å²) >= 11 is 0. The van der Waals surface area contributed by atoms with Crippen molar-refractivity contribution < 1.29 is 10.2 Å². The van der Waals surface area contributed by atoms with Gasteiger partial charge in [0.2, 0.25) is 0 Å².